The Balaban J connectivity index is 1.43. The Morgan fingerprint density at radius 2 is 1.70 bits per heavy atom. The number of carbonyl (C=O) groups is 1. The van der Waals surface area contributed by atoms with Crippen LogP contribution in [0.4, 0.5) is 0 Å². The molecule has 1 saturated carbocycles. The molecule has 1 unspecified atom stereocenters. The number of carbonyl (C=O) groups excluding carboxylic acids is 1. The van der Waals surface area contributed by atoms with E-state index in [0.29, 0.717) is 60.4 Å². The predicted octanol–water partition coefficient (Wildman–Crippen LogP) is 3.27. The Kier molecular flexibility index (Phi) is 5.97. The molecule has 6 nitrogen and oxygen atoms in total. The van der Waals surface area contributed by atoms with Crippen LogP contribution in [0.1, 0.15) is 23.2 Å². The summed E-state index contributed by atoms with van der Waals surface area (Å²) < 4.78 is 5.27. The van der Waals surface area contributed by atoms with Crippen molar-refractivity contribution in [2.24, 2.45) is 0 Å². The van der Waals surface area contributed by atoms with E-state index in [4.69, 9.17) is 27.9 Å². The molecular weight excluding hydrogens is 427 g/mol. The molecular formula is C22H24Cl2N2O4. The number of aliphatic hydroxyl groups excluding tert-OH is 1. The fourth-order valence-electron chi connectivity index (χ4n) is 3.81. The Labute approximate surface area is 185 Å². The molecule has 1 saturated heterocycles. The quantitative estimate of drug-likeness (QED) is 0.730. The van der Waals surface area contributed by atoms with Gasteiger partial charge in [-0.3, -0.25) is 9.69 Å². The van der Waals surface area contributed by atoms with Crippen molar-refractivity contribution in [2.75, 3.05) is 33.3 Å². The van der Waals surface area contributed by atoms with Crippen LogP contribution in [0.2, 0.25) is 10.0 Å². The zero-order valence-corrected chi connectivity index (χ0v) is 18.2. The van der Waals surface area contributed by atoms with E-state index in [1.165, 1.54) is 7.11 Å². The topological polar surface area (TPSA) is 73.2 Å². The molecule has 0 aromatic heterocycles. The van der Waals surface area contributed by atoms with Crippen molar-refractivity contribution in [3.05, 3.63) is 52.0 Å². The zero-order valence-electron chi connectivity index (χ0n) is 16.6. The highest BCUT2D eigenvalue weighted by Gasteiger charge is 2.50. The first-order valence-electron chi connectivity index (χ1n) is 9.90. The average Bonchev–Trinajstić information content (AvgIpc) is 3.52. The van der Waals surface area contributed by atoms with Crippen molar-refractivity contribution in [3.63, 3.8) is 0 Å². The first kappa shape index (κ1) is 21.4. The van der Waals surface area contributed by atoms with Crippen LogP contribution in [0.25, 0.3) is 11.1 Å². The largest absolute Gasteiger partial charge is 0.494 e. The van der Waals surface area contributed by atoms with E-state index in [0.717, 1.165) is 11.1 Å². The highest BCUT2D eigenvalue weighted by Crippen LogP contribution is 2.41. The van der Waals surface area contributed by atoms with Gasteiger partial charge in [-0.05, 0) is 36.6 Å². The molecule has 2 aromatic carbocycles. The number of hydrogen-bond acceptors (Lipinski definition) is 5. The van der Waals surface area contributed by atoms with Gasteiger partial charge in [0.15, 0.2) is 5.75 Å². The molecule has 1 atom stereocenters. The molecule has 8 heteroatoms. The number of halogens is 2. The lowest BCUT2D eigenvalue weighted by Crippen LogP contribution is -2.55. The third-order valence-corrected chi connectivity index (χ3v) is 6.56. The lowest BCUT2D eigenvalue weighted by molar-refractivity contribution is -0.108. The lowest BCUT2D eigenvalue weighted by atomic mass is 10.0. The molecule has 2 aromatic rings. The van der Waals surface area contributed by atoms with Crippen LogP contribution in [0.5, 0.6) is 5.75 Å². The van der Waals surface area contributed by atoms with Crippen molar-refractivity contribution < 1.29 is 19.7 Å². The maximum atomic E-state index is 12.9. The van der Waals surface area contributed by atoms with Crippen molar-refractivity contribution >= 4 is 29.1 Å². The summed E-state index contributed by atoms with van der Waals surface area (Å²) in [4.78, 5) is 16.5. The Hall–Kier alpha value is -1.83. The predicted molar refractivity (Wildman–Crippen MR) is 116 cm³/mol. The molecule has 30 heavy (non-hydrogen) atoms. The van der Waals surface area contributed by atoms with Gasteiger partial charge in [-0.1, -0.05) is 41.4 Å². The molecule has 2 fully saturated rings. The summed E-state index contributed by atoms with van der Waals surface area (Å²) in [7, 11) is 1.52. The first-order valence-corrected chi connectivity index (χ1v) is 10.7. The Morgan fingerprint density at radius 1 is 1.07 bits per heavy atom. The lowest BCUT2D eigenvalue weighted by Gasteiger charge is -2.38. The maximum absolute atomic E-state index is 12.9. The molecule has 2 N–H and O–H groups in total. The van der Waals surface area contributed by atoms with Crippen LogP contribution in [-0.2, 0) is 0 Å². The van der Waals surface area contributed by atoms with Gasteiger partial charge in [0.1, 0.15) is 11.8 Å². The van der Waals surface area contributed by atoms with E-state index in [2.05, 4.69) is 0 Å². The minimum Gasteiger partial charge on any atom is -0.494 e. The summed E-state index contributed by atoms with van der Waals surface area (Å²) >= 11 is 12.5. The standard InChI is InChI=1S/C22H24Cl2N2O4/c1-30-19-17(23)7-6-16(18(19)24)14-2-4-15(5-3-14)20(27)25-10-12-26(13-11-25)21(28)22(29)8-9-22/h2-7,21,28-29H,8-13H2,1H3. The minimum atomic E-state index is -0.965. The van der Waals surface area contributed by atoms with Gasteiger partial charge in [-0.25, -0.2) is 0 Å². The van der Waals surface area contributed by atoms with Crippen molar-refractivity contribution in [2.45, 2.75) is 24.7 Å². The van der Waals surface area contributed by atoms with E-state index >= 15 is 0 Å². The van der Waals surface area contributed by atoms with Crippen LogP contribution in [0, 0.1) is 0 Å². The minimum absolute atomic E-state index is 0.0550. The van der Waals surface area contributed by atoms with Crippen molar-refractivity contribution in [3.8, 4) is 16.9 Å². The van der Waals surface area contributed by atoms with Crippen molar-refractivity contribution in [1.82, 2.24) is 9.80 Å². The van der Waals surface area contributed by atoms with E-state index in [1.54, 1.807) is 23.1 Å². The number of benzene rings is 2. The van der Waals surface area contributed by atoms with Crippen LogP contribution in [-0.4, -0.2) is 71.0 Å². The number of aliphatic hydroxyl groups is 2. The number of ether oxygens (including phenoxy) is 1. The van der Waals surface area contributed by atoms with Crippen molar-refractivity contribution in [1.29, 1.82) is 0 Å². The number of methoxy groups -OCH3 is 1. The molecule has 1 amide bonds. The summed E-state index contributed by atoms with van der Waals surface area (Å²) in [5, 5.41) is 21.2. The summed E-state index contributed by atoms with van der Waals surface area (Å²) in [6, 6.07) is 10.8. The molecule has 4 rings (SSSR count). The Bertz CT molecular complexity index is 939. The van der Waals surface area contributed by atoms with Gasteiger partial charge in [0.25, 0.3) is 5.91 Å². The van der Waals surface area contributed by atoms with Crippen LogP contribution >= 0.6 is 23.2 Å². The second-order valence-corrected chi connectivity index (χ2v) is 8.61. The smallest absolute Gasteiger partial charge is 0.253 e. The third-order valence-electron chi connectivity index (χ3n) is 5.89. The third kappa shape index (κ3) is 4.03. The van der Waals surface area contributed by atoms with E-state index in [9.17, 15) is 15.0 Å². The van der Waals surface area contributed by atoms with Gasteiger partial charge in [-0.15, -0.1) is 0 Å². The molecule has 0 spiro atoms. The number of amides is 1. The number of hydrogen-bond donors (Lipinski definition) is 2. The van der Waals surface area contributed by atoms with Crippen LogP contribution in [0.3, 0.4) is 0 Å². The average molecular weight is 451 g/mol. The van der Waals surface area contributed by atoms with E-state index < -0.39 is 11.8 Å². The van der Waals surface area contributed by atoms with Gasteiger partial charge in [-0.2, -0.15) is 0 Å². The molecule has 1 heterocycles. The second kappa shape index (κ2) is 8.36. The van der Waals surface area contributed by atoms with Gasteiger partial charge in [0, 0.05) is 37.3 Å². The molecule has 0 radical (unpaired) electrons. The monoisotopic (exact) mass is 450 g/mol. The second-order valence-electron chi connectivity index (χ2n) is 7.82. The number of rotatable bonds is 5. The van der Waals surface area contributed by atoms with Crippen LogP contribution in [0.15, 0.2) is 36.4 Å². The normalized spacial score (nSPS) is 19.4. The highest BCUT2D eigenvalue weighted by molar-refractivity contribution is 6.39. The maximum Gasteiger partial charge on any atom is 0.253 e. The SMILES string of the molecule is COc1c(Cl)ccc(-c2ccc(C(=O)N3CCN(C(O)C4(O)CC4)CC3)cc2)c1Cl. The summed E-state index contributed by atoms with van der Waals surface area (Å²) in [6.45, 7) is 2.09. The molecule has 2 aliphatic rings. The van der Waals surface area contributed by atoms with Gasteiger partial charge in [0.2, 0.25) is 0 Å². The number of nitrogens with zero attached hydrogens (tertiary/aromatic N) is 2. The zero-order chi connectivity index (χ0) is 21.5. The van der Waals surface area contributed by atoms with Gasteiger partial charge >= 0.3 is 0 Å². The first-order chi connectivity index (χ1) is 14.3. The fraction of sp³-hybridized carbons (Fsp3) is 0.409. The summed E-state index contributed by atoms with van der Waals surface area (Å²) in [6.07, 6.45) is 0.405. The summed E-state index contributed by atoms with van der Waals surface area (Å²) in [5.41, 5.74) is 1.26. The van der Waals surface area contributed by atoms with Gasteiger partial charge < -0.3 is 19.8 Å². The molecule has 1 aliphatic heterocycles. The van der Waals surface area contributed by atoms with E-state index in [-0.39, 0.29) is 5.91 Å². The van der Waals surface area contributed by atoms with E-state index in [1.807, 2.05) is 23.1 Å². The molecule has 160 valence electrons. The van der Waals surface area contributed by atoms with Gasteiger partial charge in [0.05, 0.1) is 17.2 Å². The highest BCUT2D eigenvalue weighted by atomic mass is 35.5. The fourth-order valence-corrected chi connectivity index (χ4v) is 4.45. The Morgan fingerprint density at radius 3 is 2.27 bits per heavy atom. The summed E-state index contributed by atoms with van der Waals surface area (Å²) in [5.74, 6) is 0.368. The van der Waals surface area contributed by atoms with Crippen LogP contribution < -0.4 is 4.74 Å². The number of piperazine rings is 1. The molecule has 1 aliphatic carbocycles. The molecule has 0 bridgehead atoms.